The highest BCUT2D eigenvalue weighted by molar-refractivity contribution is 6.32. The Morgan fingerprint density at radius 3 is 2.22 bits per heavy atom. The zero-order valence-electron chi connectivity index (χ0n) is 12.6. The van der Waals surface area contributed by atoms with E-state index in [1.165, 1.54) is 13.1 Å². The highest BCUT2D eigenvalue weighted by Gasteiger charge is 2.14. The Labute approximate surface area is 133 Å². The molecule has 0 aliphatic carbocycles. The summed E-state index contributed by atoms with van der Waals surface area (Å²) in [4.78, 5) is 10.9. The van der Waals surface area contributed by atoms with Gasteiger partial charge in [0.05, 0.1) is 16.9 Å². The maximum Gasteiger partial charge on any atom is 0.150 e. The average molecular weight is 315 g/mol. The molecule has 0 fully saturated rings. The van der Waals surface area contributed by atoms with Gasteiger partial charge in [-0.1, -0.05) is 29.7 Å². The van der Waals surface area contributed by atoms with E-state index < -0.39 is 11.6 Å². The number of aromatic nitrogens is 1. The molecular formula is C16H16BF2N3O. The van der Waals surface area contributed by atoms with E-state index in [-0.39, 0.29) is 5.52 Å². The summed E-state index contributed by atoms with van der Waals surface area (Å²) in [6, 6.07) is 9.01. The highest BCUT2D eigenvalue weighted by atomic mass is 19.1. The van der Waals surface area contributed by atoms with Crippen molar-refractivity contribution in [2.24, 2.45) is 5.73 Å². The molecular weight excluding hydrogens is 299 g/mol. The summed E-state index contributed by atoms with van der Waals surface area (Å²) >= 11 is 0. The van der Waals surface area contributed by atoms with Gasteiger partial charge >= 0.3 is 0 Å². The maximum atomic E-state index is 13.7. The largest absolute Gasteiger partial charge is 0.396 e. The van der Waals surface area contributed by atoms with Crippen molar-refractivity contribution in [1.82, 2.24) is 4.98 Å². The van der Waals surface area contributed by atoms with Crippen molar-refractivity contribution < 1.29 is 13.6 Å². The Balaban J connectivity index is 0.000000615. The quantitative estimate of drug-likeness (QED) is 0.599. The Bertz CT molecular complexity index is 788. The Kier molecular flexibility index (Phi) is 6.47. The van der Waals surface area contributed by atoms with Gasteiger partial charge in [-0.2, -0.15) is 0 Å². The second-order valence-electron chi connectivity index (χ2n) is 4.35. The van der Waals surface area contributed by atoms with Crippen molar-refractivity contribution in [2.45, 2.75) is 0 Å². The van der Waals surface area contributed by atoms with Crippen LogP contribution in [0.25, 0.3) is 22.2 Å². The number of benzene rings is 2. The first kappa shape index (κ1) is 18.4. The van der Waals surface area contributed by atoms with Crippen LogP contribution in [0.5, 0.6) is 0 Å². The zero-order chi connectivity index (χ0) is 17.6. The molecule has 0 bridgehead atoms. The molecule has 0 aliphatic heterocycles. The monoisotopic (exact) mass is 315 g/mol. The summed E-state index contributed by atoms with van der Waals surface area (Å²) < 4.78 is 26.9. The van der Waals surface area contributed by atoms with Gasteiger partial charge in [-0.3, -0.25) is 0 Å². The van der Waals surface area contributed by atoms with E-state index in [2.05, 4.69) is 10.7 Å². The van der Waals surface area contributed by atoms with E-state index in [4.69, 9.17) is 18.4 Å². The van der Waals surface area contributed by atoms with E-state index in [0.717, 1.165) is 11.6 Å². The molecule has 4 nitrogen and oxygen atoms in total. The molecule has 3 rings (SSSR count). The molecule has 5 N–H and O–H groups in total. The van der Waals surface area contributed by atoms with Gasteiger partial charge in [0, 0.05) is 17.0 Å². The Hall–Kier alpha value is -2.67. The number of aromatic amines is 1. The van der Waals surface area contributed by atoms with Gasteiger partial charge in [-0.15, -0.1) is 0 Å². The first-order valence-electron chi connectivity index (χ1n) is 6.55. The molecule has 1 heterocycles. The number of fused-ring (bicyclic) bond motifs is 1. The second-order valence-corrected chi connectivity index (χ2v) is 4.35. The third kappa shape index (κ3) is 3.76. The summed E-state index contributed by atoms with van der Waals surface area (Å²) in [6.45, 7) is 2.00. The zero-order valence-corrected chi connectivity index (χ0v) is 12.6. The van der Waals surface area contributed by atoms with Crippen molar-refractivity contribution in [1.29, 1.82) is 0 Å². The van der Waals surface area contributed by atoms with Crippen LogP contribution in [-0.2, 0) is 4.79 Å². The molecule has 0 amide bonds. The number of nitrogens with two attached hydrogens (primary N) is 2. The molecule has 118 valence electrons. The fourth-order valence-corrected chi connectivity index (χ4v) is 2.12. The van der Waals surface area contributed by atoms with Crippen LogP contribution in [0.2, 0.25) is 0 Å². The normalized spacial score (nSPS) is 9.57. The van der Waals surface area contributed by atoms with Crippen molar-refractivity contribution in [2.75, 3.05) is 12.8 Å². The molecule has 2 radical (unpaired) electrons. The third-order valence-electron chi connectivity index (χ3n) is 3.06. The molecule has 1 aromatic heterocycles. The molecule has 2 aromatic carbocycles. The predicted molar refractivity (Wildman–Crippen MR) is 90.7 cm³/mol. The van der Waals surface area contributed by atoms with Crippen LogP contribution in [0.3, 0.4) is 0 Å². The number of anilines is 1. The first-order valence-corrected chi connectivity index (χ1v) is 6.55. The minimum absolute atomic E-state index is 0.200. The number of H-pyrrole nitrogens is 1. The van der Waals surface area contributed by atoms with E-state index in [1.54, 1.807) is 24.3 Å². The van der Waals surface area contributed by atoms with Gasteiger partial charge < -0.3 is 21.2 Å². The maximum absolute atomic E-state index is 13.7. The number of carbonyl (C=O) groups is 1. The van der Waals surface area contributed by atoms with Crippen LogP contribution >= 0.6 is 0 Å². The molecule has 0 saturated carbocycles. The molecule has 7 heteroatoms. The number of carbonyl (C=O) groups excluding carboxylic acids is 1. The number of hydrogen-bond acceptors (Lipinski definition) is 3. The van der Waals surface area contributed by atoms with Gasteiger partial charge in [0.2, 0.25) is 0 Å². The molecule has 0 atom stereocenters. The Morgan fingerprint density at radius 1 is 1.09 bits per heavy atom. The highest BCUT2D eigenvalue weighted by Crippen LogP contribution is 2.33. The van der Waals surface area contributed by atoms with Gasteiger partial charge in [-0.05, 0) is 13.1 Å². The topological polar surface area (TPSA) is 84.9 Å². The molecule has 0 unspecified atom stereocenters. The minimum Gasteiger partial charge on any atom is -0.396 e. The molecule has 0 spiro atoms. The van der Waals surface area contributed by atoms with E-state index in [1.807, 2.05) is 6.79 Å². The van der Waals surface area contributed by atoms with E-state index in [9.17, 15) is 8.78 Å². The van der Waals surface area contributed by atoms with Crippen LogP contribution < -0.4 is 16.9 Å². The van der Waals surface area contributed by atoms with E-state index >= 15 is 0 Å². The Morgan fingerprint density at radius 2 is 1.65 bits per heavy atom. The van der Waals surface area contributed by atoms with Crippen LogP contribution in [0.4, 0.5) is 14.5 Å². The summed E-state index contributed by atoms with van der Waals surface area (Å²) in [5, 5.41) is 0.337. The lowest BCUT2D eigenvalue weighted by molar-refractivity contribution is -0.0979. The second kappa shape index (κ2) is 8.10. The molecule has 23 heavy (non-hydrogen) atoms. The molecule has 3 aromatic rings. The summed E-state index contributed by atoms with van der Waals surface area (Å²) in [5.41, 5.74) is 12.9. The summed E-state index contributed by atoms with van der Waals surface area (Å²) in [6.07, 6.45) is 0. The van der Waals surface area contributed by atoms with Crippen molar-refractivity contribution >= 4 is 36.7 Å². The smallest absolute Gasteiger partial charge is 0.150 e. The first-order chi connectivity index (χ1) is 11.1. The van der Waals surface area contributed by atoms with E-state index in [0.29, 0.717) is 22.2 Å². The van der Waals surface area contributed by atoms with Crippen LogP contribution in [0.1, 0.15) is 0 Å². The van der Waals surface area contributed by atoms with Crippen LogP contribution in [-0.4, -0.2) is 26.7 Å². The van der Waals surface area contributed by atoms with Crippen molar-refractivity contribution in [3.05, 3.63) is 48.0 Å². The molecule has 0 aliphatic rings. The number of halogens is 2. The van der Waals surface area contributed by atoms with Crippen LogP contribution in [0, 0.1) is 11.6 Å². The lowest BCUT2D eigenvalue weighted by Crippen LogP contribution is -1.99. The minimum atomic E-state index is -0.664. The number of nitrogen functional groups attached to an aromatic ring is 1. The lowest BCUT2D eigenvalue weighted by Gasteiger charge is -2.01. The lowest BCUT2D eigenvalue weighted by atomic mass is 9.94. The molecule has 0 saturated heterocycles. The number of hydrogen-bond donors (Lipinski definition) is 3. The summed E-state index contributed by atoms with van der Waals surface area (Å²) in [7, 11) is 7.11. The average Bonchev–Trinajstić information content (AvgIpc) is 2.90. The number of nitrogens with one attached hydrogen (secondary N) is 1. The standard InChI is InChI=1S/C14H9BF2N2.CH5N.CH2O/c15-8-3-1-7(2-4-8)13-12(18)10-5-9(16)6-11(17)14(10)19-13;2*1-2/h1-6,19H,18H2;2H2,1H3;1H2. The SMILES string of the molecule is C=O.CN.[B]c1ccc(-c2[nH]c3c(F)cc(F)cc3c2N)cc1. The van der Waals surface area contributed by atoms with Gasteiger partial charge in [0.1, 0.15) is 26.3 Å². The fraction of sp³-hybridized carbons (Fsp3) is 0.0625. The van der Waals surface area contributed by atoms with Gasteiger partial charge in [-0.25, -0.2) is 8.78 Å². The van der Waals surface area contributed by atoms with Crippen molar-refractivity contribution in [3.63, 3.8) is 0 Å². The van der Waals surface area contributed by atoms with Gasteiger partial charge in [0.25, 0.3) is 0 Å². The number of rotatable bonds is 1. The predicted octanol–water partition coefficient (Wildman–Crippen LogP) is 1.88. The summed E-state index contributed by atoms with van der Waals surface area (Å²) in [5.74, 6) is -1.32. The van der Waals surface area contributed by atoms with Crippen molar-refractivity contribution in [3.8, 4) is 11.3 Å². The third-order valence-corrected chi connectivity index (χ3v) is 3.06. The van der Waals surface area contributed by atoms with Crippen LogP contribution in [0.15, 0.2) is 36.4 Å². The van der Waals surface area contributed by atoms with Gasteiger partial charge in [0.15, 0.2) is 0 Å². The fourth-order valence-electron chi connectivity index (χ4n) is 2.12.